The Morgan fingerprint density at radius 1 is 0.923 bits per heavy atom. The predicted molar refractivity (Wildman–Crippen MR) is 154 cm³/mol. The highest BCUT2D eigenvalue weighted by molar-refractivity contribution is 6.99. The quantitative estimate of drug-likeness (QED) is 0.362. The number of esters is 1. The minimum absolute atomic E-state index is 0.144. The average molecular weight is 542 g/mol. The van der Waals surface area contributed by atoms with Gasteiger partial charge in [-0.3, -0.25) is 0 Å². The number of fused-ring (bicyclic) bond motifs is 4. The summed E-state index contributed by atoms with van der Waals surface area (Å²) in [6, 6.07) is 24.8. The third-order valence-electron chi connectivity index (χ3n) is 8.15. The highest BCUT2D eigenvalue weighted by atomic mass is 28.4. The van der Waals surface area contributed by atoms with Gasteiger partial charge in [0.1, 0.15) is 0 Å². The maximum Gasteiger partial charge on any atom is 0.339 e. The molecule has 3 aromatic rings. The lowest BCUT2D eigenvalue weighted by atomic mass is 9.79. The molecule has 7 heteroatoms. The molecule has 0 bridgehead atoms. The Morgan fingerprint density at radius 3 is 2.08 bits per heavy atom. The maximum absolute atomic E-state index is 13.4. The maximum atomic E-state index is 13.4. The Balaban J connectivity index is 1.50. The van der Waals surface area contributed by atoms with Crippen LogP contribution in [0.5, 0.6) is 11.5 Å². The Morgan fingerprint density at radius 2 is 1.51 bits per heavy atom. The molecular formula is C32H35NO5Si. The van der Waals surface area contributed by atoms with Crippen LogP contribution in [-0.2, 0) is 9.16 Å². The highest BCUT2D eigenvalue weighted by Gasteiger charge is 2.54. The number of ether oxygens (including phenoxy) is 3. The van der Waals surface area contributed by atoms with E-state index in [1.807, 2.05) is 18.2 Å². The van der Waals surface area contributed by atoms with Gasteiger partial charge in [-0.05, 0) is 64.0 Å². The van der Waals surface area contributed by atoms with Gasteiger partial charge in [0, 0.05) is 0 Å². The molecule has 39 heavy (non-hydrogen) atoms. The number of allylic oxidation sites excluding steroid dienone is 1. The summed E-state index contributed by atoms with van der Waals surface area (Å²) in [5, 5.41) is 2.19. The summed E-state index contributed by atoms with van der Waals surface area (Å²) in [7, 11) is -2.89. The van der Waals surface area contributed by atoms with E-state index in [2.05, 4.69) is 75.4 Å². The molecule has 6 nitrogen and oxygen atoms in total. The van der Waals surface area contributed by atoms with Crippen LogP contribution in [0.15, 0.2) is 78.9 Å². The molecular weight excluding hydrogens is 506 g/mol. The van der Waals surface area contributed by atoms with E-state index < -0.39 is 14.4 Å². The van der Waals surface area contributed by atoms with Crippen molar-refractivity contribution in [1.82, 2.24) is 0 Å². The molecule has 3 aromatic carbocycles. The molecule has 2 heterocycles. The fourth-order valence-corrected chi connectivity index (χ4v) is 11.1. The lowest BCUT2D eigenvalue weighted by molar-refractivity contribution is -0.00249. The van der Waals surface area contributed by atoms with E-state index in [4.69, 9.17) is 24.4 Å². The zero-order valence-electron chi connectivity index (χ0n) is 22.7. The molecule has 3 atom stereocenters. The molecule has 0 saturated heterocycles. The van der Waals surface area contributed by atoms with Gasteiger partial charge in [-0.1, -0.05) is 87.5 Å². The lowest BCUT2D eigenvalue weighted by Crippen LogP contribution is -2.69. The van der Waals surface area contributed by atoms with Crippen LogP contribution in [0.3, 0.4) is 0 Å². The van der Waals surface area contributed by atoms with E-state index in [0.29, 0.717) is 23.6 Å². The third kappa shape index (κ3) is 4.38. The van der Waals surface area contributed by atoms with Gasteiger partial charge in [-0.2, -0.15) is 0 Å². The van der Waals surface area contributed by atoms with Crippen LogP contribution in [0, 0.1) is 5.92 Å². The monoisotopic (exact) mass is 541 g/mol. The van der Waals surface area contributed by atoms with E-state index in [1.165, 1.54) is 10.4 Å². The Hall–Kier alpha value is -3.39. The molecule has 0 radical (unpaired) electrons. The predicted octanol–water partition coefficient (Wildman–Crippen LogP) is 4.65. The number of hydrogen-bond acceptors (Lipinski definition) is 6. The van der Waals surface area contributed by atoms with Crippen LogP contribution in [0.4, 0.5) is 0 Å². The second kappa shape index (κ2) is 9.97. The summed E-state index contributed by atoms with van der Waals surface area (Å²) in [4.78, 5) is 13.4. The Bertz CT molecular complexity index is 1360. The number of hydrogen-bond donors (Lipinski definition) is 1. The zero-order valence-corrected chi connectivity index (χ0v) is 23.7. The van der Waals surface area contributed by atoms with Crippen LogP contribution >= 0.6 is 0 Å². The van der Waals surface area contributed by atoms with E-state index in [1.54, 1.807) is 6.07 Å². The third-order valence-corrected chi connectivity index (χ3v) is 13.2. The van der Waals surface area contributed by atoms with E-state index in [-0.39, 0.29) is 29.8 Å². The van der Waals surface area contributed by atoms with Crippen LogP contribution in [0.1, 0.15) is 49.5 Å². The standard InChI is InChI=1S/C32H35NO5Si/c1-32(2,3)39(22-10-6-4-7-11-22,23-12-8-5-9-13-23)38-29-17-21(14-15-33)16-25-24-18-27-28(36-20-35-27)19-26(24)31(34)37-30(25)29/h4-13,16,18-19,21,29-30H,14-15,17,20,33H2,1-3H3/t21-,29+,30-/m1/s1. The fourth-order valence-electron chi connectivity index (χ4n) is 6.39. The minimum atomic E-state index is -2.89. The van der Waals surface area contributed by atoms with Gasteiger partial charge in [0.15, 0.2) is 17.6 Å². The van der Waals surface area contributed by atoms with Crippen molar-refractivity contribution in [3.8, 4) is 11.5 Å². The molecule has 202 valence electrons. The summed E-state index contributed by atoms with van der Waals surface area (Å²) >= 11 is 0. The zero-order chi connectivity index (χ0) is 27.2. The van der Waals surface area contributed by atoms with Crippen LogP contribution < -0.4 is 25.6 Å². The highest BCUT2D eigenvalue weighted by Crippen LogP contribution is 2.47. The average Bonchev–Trinajstić information content (AvgIpc) is 3.40. The van der Waals surface area contributed by atoms with Gasteiger partial charge in [-0.25, -0.2) is 4.79 Å². The molecule has 0 amide bonds. The number of carbonyl (C=O) groups is 1. The van der Waals surface area contributed by atoms with Crippen molar-refractivity contribution in [2.75, 3.05) is 13.3 Å². The number of nitrogens with two attached hydrogens (primary N) is 1. The van der Waals surface area contributed by atoms with E-state index >= 15 is 0 Å². The first-order valence-corrected chi connectivity index (χ1v) is 15.6. The summed E-state index contributed by atoms with van der Waals surface area (Å²) < 4.78 is 25.0. The molecule has 2 aliphatic heterocycles. The normalized spacial score (nSPS) is 22.0. The fraction of sp³-hybridized carbons (Fsp3) is 0.344. The van der Waals surface area contributed by atoms with Crippen molar-refractivity contribution >= 4 is 30.2 Å². The lowest BCUT2D eigenvalue weighted by Gasteiger charge is -2.48. The number of rotatable bonds is 6. The largest absolute Gasteiger partial charge is 0.454 e. The van der Waals surface area contributed by atoms with Crippen molar-refractivity contribution in [3.05, 3.63) is 90.0 Å². The topological polar surface area (TPSA) is 80.0 Å². The van der Waals surface area contributed by atoms with Gasteiger partial charge in [0.25, 0.3) is 8.32 Å². The second-order valence-corrected chi connectivity index (χ2v) is 15.8. The smallest absolute Gasteiger partial charge is 0.339 e. The van der Waals surface area contributed by atoms with Crippen molar-refractivity contribution < 1.29 is 23.4 Å². The molecule has 2 N–H and O–H groups in total. The second-order valence-electron chi connectivity index (χ2n) is 11.6. The van der Waals surface area contributed by atoms with Gasteiger partial charge >= 0.3 is 5.97 Å². The summed E-state index contributed by atoms with van der Waals surface area (Å²) in [6.07, 6.45) is 2.92. The van der Waals surface area contributed by atoms with Crippen molar-refractivity contribution in [2.24, 2.45) is 11.7 Å². The first-order valence-electron chi connectivity index (χ1n) is 13.7. The molecule has 0 aromatic heterocycles. The first kappa shape index (κ1) is 25.9. The Labute approximate surface area is 230 Å². The minimum Gasteiger partial charge on any atom is -0.454 e. The van der Waals surface area contributed by atoms with Gasteiger partial charge in [0.05, 0.1) is 11.7 Å². The molecule has 0 unspecified atom stereocenters. The molecule has 1 aliphatic carbocycles. The summed E-state index contributed by atoms with van der Waals surface area (Å²) in [5.41, 5.74) is 8.36. The summed E-state index contributed by atoms with van der Waals surface area (Å²) in [5.74, 6) is 1.05. The molecule has 3 aliphatic rings. The molecule has 0 spiro atoms. The van der Waals surface area contributed by atoms with Gasteiger partial charge < -0.3 is 24.4 Å². The van der Waals surface area contributed by atoms with Crippen LogP contribution in [0.25, 0.3) is 5.57 Å². The molecule has 6 rings (SSSR count). The van der Waals surface area contributed by atoms with E-state index in [9.17, 15) is 4.79 Å². The van der Waals surface area contributed by atoms with Crippen LogP contribution in [-0.4, -0.2) is 39.8 Å². The summed E-state index contributed by atoms with van der Waals surface area (Å²) in [6.45, 7) is 7.50. The van der Waals surface area contributed by atoms with Gasteiger partial charge in [-0.15, -0.1) is 0 Å². The molecule has 0 saturated carbocycles. The van der Waals surface area contributed by atoms with Crippen molar-refractivity contribution in [2.45, 2.75) is 50.9 Å². The first-order chi connectivity index (χ1) is 18.8. The molecule has 0 fully saturated rings. The van der Waals surface area contributed by atoms with Crippen molar-refractivity contribution in [3.63, 3.8) is 0 Å². The van der Waals surface area contributed by atoms with Crippen LogP contribution in [0.2, 0.25) is 5.04 Å². The number of benzene rings is 3. The Kier molecular flexibility index (Phi) is 6.61. The number of carbonyl (C=O) groups excluding carboxylic acids is 1. The van der Waals surface area contributed by atoms with Crippen molar-refractivity contribution in [1.29, 1.82) is 0 Å². The SMILES string of the molecule is CC(C)(C)[Si](O[C@H]1C[C@H](CCN)C=C2c3cc4c(cc3C(=O)O[C@H]21)OCO4)(c1ccccc1)c1ccccc1. The van der Waals surface area contributed by atoms with E-state index in [0.717, 1.165) is 24.0 Å². The van der Waals surface area contributed by atoms with Gasteiger partial charge in [0.2, 0.25) is 6.79 Å².